The summed E-state index contributed by atoms with van der Waals surface area (Å²) in [6.45, 7) is 4.13. The molecule has 0 aliphatic carbocycles. The van der Waals surface area contributed by atoms with Gasteiger partial charge in [0.2, 0.25) is 5.91 Å². The van der Waals surface area contributed by atoms with Gasteiger partial charge >= 0.3 is 0 Å². The summed E-state index contributed by atoms with van der Waals surface area (Å²) >= 11 is 0. The number of nitrogens with one attached hydrogen (secondary N) is 2. The molecule has 2 aromatic heterocycles. The van der Waals surface area contributed by atoms with Crippen LogP contribution in [0.5, 0.6) is 0 Å². The maximum Gasteiger partial charge on any atom is 0.241 e. The number of rotatable bonds is 4. The van der Waals surface area contributed by atoms with E-state index < -0.39 is 5.91 Å². The molecule has 2 aromatic rings. The highest BCUT2D eigenvalue weighted by Gasteiger charge is 2.04. The van der Waals surface area contributed by atoms with E-state index in [0.29, 0.717) is 6.04 Å². The van der Waals surface area contributed by atoms with Crippen LogP contribution in [-0.2, 0) is 4.79 Å². The van der Waals surface area contributed by atoms with Gasteiger partial charge in [-0.2, -0.15) is 0 Å². The molecule has 2 heterocycles. The standard InChI is InChI=1S/C13H16N4O/c1-8(2)17-10-5-11-9(3-4-12(14)18)6-15-13(11)16-7-10/h3-8,17H,1-2H3,(H2,14,18)(H,15,16)/b4-3+. The molecule has 4 N–H and O–H groups in total. The molecule has 1 amide bonds. The van der Waals surface area contributed by atoms with Crippen molar-refractivity contribution in [3.05, 3.63) is 30.1 Å². The van der Waals surface area contributed by atoms with E-state index >= 15 is 0 Å². The Labute approximate surface area is 105 Å². The third-order valence-corrected chi connectivity index (χ3v) is 2.45. The number of amides is 1. The first kappa shape index (κ1) is 12.2. The number of aromatic amines is 1. The van der Waals surface area contributed by atoms with Crippen molar-refractivity contribution in [1.29, 1.82) is 0 Å². The average Bonchev–Trinajstić information content (AvgIpc) is 2.68. The lowest BCUT2D eigenvalue weighted by Gasteiger charge is -2.09. The summed E-state index contributed by atoms with van der Waals surface area (Å²) in [6, 6.07) is 2.34. The Balaban J connectivity index is 2.40. The monoisotopic (exact) mass is 244 g/mol. The number of carbonyl (C=O) groups is 1. The van der Waals surface area contributed by atoms with E-state index in [2.05, 4.69) is 29.1 Å². The van der Waals surface area contributed by atoms with Crippen LogP contribution in [0.25, 0.3) is 17.1 Å². The van der Waals surface area contributed by atoms with E-state index in [1.165, 1.54) is 6.08 Å². The summed E-state index contributed by atoms with van der Waals surface area (Å²) in [4.78, 5) is 18.1. The highest BCUT2D eigenvalue weighted by molar-refractivity contribution is 5.95. The Morgan fingerprint density at radius 1 is 1.56 bits per heavy atom. The van der Waals surface area contributed by atoms with Crippen molar-refractivity contribution in [3.8, 4) is 0 Å². The molecular formula is C13H16N4O. The van der Waals surface area contributed by atoms with E-state index in [1.807, 2.05) is 6.07 Å². The van der Waals surface area contributed by atoms with Gasteiger partial charge in [0, 0.05) is 29.3 Å². The quantitative estimate of drug-likeness (QED) is 0.718. The smallest absolute Gasteiger partial charge is 0.241 e. The fourth-order valence-electron chi connectivity index (χ4n) is 1.75. The van der Waals surface area contributed by atoms with Gasteiger partial charge in [-0.1, -0.05) is 0 Å². The minimum atomic E-state index is -0.464. The molecule has 0 saturated carbocycles. The van der Waals surface area contributed by atoms with Crippen molar-refractivity contribution < 1.29 is 4.79 Å². The van der Waals surface area contributed by atoms with Gasteiger partial charge in [0.15, 0.2) is 0 Å². The average molecular weight is 244 g/mol. The number of aromatic nitrogens is 2. The Morgan fingerprint density at radius 2 is 2.33 bits per heavy atom. The lowest BCUT2D eigenvalue weighted by Crippen LogP contribution is -2.09. The fraction of sp³-hybridized carbons (Fsp3) is 0.231. The molecule has 0 radical (unpaired) electrons. The second-order valence-electron chi connectivity index (χ2n) is 4.40. The number of pyridine rings is 1. The van der Waals surface area contributed by atoms with E-state index in [0.717, 1.165) is 22.3 Å². The SMILES string of the molecule is CC(C)Nc1cnc2[nH]cc(/C=C/C(N)=O)c2c1. The number of H-pyrrole nitrogens is 1. The van der Waals surface area contributed by atoms with Crippen LogP contribution < -0.4 is 11.1 Å². The fourth-order valence-corrected chi connectivity index (χ4v) is 1.75. The third kappa shape index (κ3) is 2.68. The molecule has 0 unspecified atom stereocenters. The minimum absolute atomic E-state index is 0.341. The van der Waals surface area contributed by atoms with Crippen LogP contribution in [0, 0.1) is 0 Å². The summed E-state index contributed by atoms with van der Waals surface area (Å²) < 4.78 is 0. The number of nitrogens with zero attached hydrogens (tertiary/aromatic N) is 1. The number of fused-ring (bicyclic) bond motifs is 1. The van der Waals surface area contributed by atoms with Crippen LogP contribution in [-0.4, -0.2) is 21.9 Å². The van der Waals surface area contributed by atoms with Gasteiger partial charge in [-0.05, 0) is 26.0 Å². The highest BCUT2D eigenvalue weighted by Crippen LogP contribution is 2.21. The topological polar surface area (TPSA) is 83.8 Å². The van der Waals surface area contributed by atoms with Crippen LogP contribution in [0.15, 0.2) is 24.5 Å². The molecule has 0 bridgehead atoms. The van der Waals surface area contributed by atoms with Crippen LogP contribution >= 0.6 is 0 Å². The maximum absolute atomic E-state index is 10.7. The molecule has 0 aliphatic heterocycles. The first-order valence-electron chi connectivity index (χ1n) is 5.77. The second kappa shape index (κ2) is 4.91. The zero-order valence-electron chi connectivity index (χ0n) is 10.4. The van der Waals surface area contributed by atoms with Crippen LogP contribution in [0.1, 0.15) is 19.4 Å². The summed E-state index contributed by atoms with van der Waals surface area (Å²) in [5.74, 6) is -0.464. The molecule has 2 rings (SSSR count). The van der Waals surface area contributed by atoms with Gasteiger partial charge in [-0.3, -0.25) is 4.79 Å². The van der Waals surface area contributed by atoms with E-state index in [1.54, 1.807) is 18.5 Å². The van der Waals surface area contributed by atoms with Crippen molar-refractivity contribution >= 4 is 28.7 Å². The number of hydrogen-bond acceptors (Lipinski definition) is 3. The number of carbonyl (C=O) groups excluding carboxylic acids is 1. The highest BCUT2D eigenvalue weighted by atomic mass is 16.1. The molecule has 5 nitrogen and oxygen atoms in total. The van der Waals surface area contributed by atoms with Crippen molar-refractivity contribution in [2.45, 2.75) is 19.9 Å². The lowest BCUT2D eigenvalue weighted by atomic mass is 10.2. The maximum atomic E-state index is 10.7. The summed E-state index contributed by atoms with van der Waals surface area (Å²) in [7, 11) is 0. The Kier molecular flexibility index (Phi) is 3.32. The van der Waals surface area contributed by atoms with Gasteiger partial charge < -0.3 is 16.0 Å². The van der Waals surface area contributed by atoms with Gasteiger partial charge in [0.1, 0.15) is 5.65 Å². The Bertz CT molecular complexity index is 598. The Morgan fingerprint density at radius 3 is 3.00 bits per heavy atom. The molecule has 0 atom stereocenters. The first-order valence-corrected chi connectivity index (χ1v) is 5.77. The third-order valence-electron chi connectivity index (χ3n) is 2.45. The van der Waals surface area contributed by atoms with Crippen LogP contribution in [0.3, 0.4) is 0 Å². The number of hydrogen-bond donors (Lipinski definition) is 3. The first-order chi connectivity index (χ1) is 8.56. The zero-order valence-corrected chi connectivity index (χ0v) is 10.4. The molecular weight excluding hydrogens is 228 g/mol. The summed E-state index contributed by atoms with van der Waals surface area (Å²) in [5.41, 5.74) is 7.71. The predicted octanol–water partition coefficient (Wildman–Crippen LogP) is 1.88. The number of primary amides is 1. The molecule has 0 aromatic carbocycles. The van der Waals surface area contributed by atoms with Crippen LogP contribution in [0.4, 0.5) is 5.69 Å². The molecule has 5 heteroatoms. The molecule has 0 fully saturated rings. The number of anilines is 1. The van der Waals surface area contributed by atoms with Crippen LogP contribution in [0.2, 0.25) is 0 Å². The molecule has 0 saturated heterocycles. The normalized spacial score (nSPS) is 11.5. The van der Waals surface area contributed by atoms with Crippen molar-refractivity contribution in [2.24, 2.45) is 5.73 Å². The number of nitrogens with two attached hydrogens (primary N) is 1. The van der Waals surface area contributed by atoms with Crippen molar-refractivity contribution in [3.63, 3.8) is 0 Å². The summed E-state index contributed by atoms with van der Waals surface area (Å²) in [5, 5.41) is 4.24. The minimum Gasteiger partial charge on any atom is -0.382 e. The van der Waals surface area contributed by atoms with Gasteiger partial charge in [-0.25, -0.2) is 4.98 Å². The van der Waals surface area contributed by atoms with Crippen molar-refractivity contribution in [2.75, 3.05) is 5.32 Å². The van der Waals surface area contributed by atoms with Gasteiger partial charge in [0.25, 0.3) is 0 Å². The Hall–Kier alpha value is -2.30. The molecule has 18 heavy (non-hydrogen) atoms. The zero-order chi connectivity index (χ0) is 13.1. The predicted molar refractivity (Wildman–Crippen MR) is 73.1 cm³/mol. The molecule has 0 spiro atoms. The van der Waals surface area contributed by atoms with E-state index in [9.17, 15) is 4.79 Å². The largest absolute Gasteiger partial charge is 0.382 e. The van der Waals surface area contributed by atoms with Crippen molar-refractivity contribution in [1.82, 2.24) is 9.97 Å². The molecule has 94 valence electrons. The molecule has 0 aliphatic rings. The van der Waals surface area contributed by atoms with E-state index in [4.69, 9.17) is 5.73 Å². The van der Waals surface area contributed by atoms with Gasteiger partial charge in [0.05, 0.1) is 11.9 Å². The summed E-state index contributed by atoms with van der Waals surface area (Å²) in [6.07, 6.45) is 6.60. The second-order valence-corrected chi connectivity index (χ2v) is 4.40. The van der Waals surface area contributed by atoms with E-state index in [-0.39, 0.29) is 0 Å². The van der Waals surface area contributed by atoms with Gasteiger partial charge in [-0.15, -0.1) is 0 Å². The lowest BCUT2D eigenvalue weighted by molar-refractivity contribution is -0.113.